The lowest BCUT2D eigenvalue weighted by Gasteiger charge is -2.12. The Balaban J connectivity index is 1.50. The summed E-state index contributed by atoms with van der Waals surface area (Å²) in [6.07, 6.45) is 0.281. The molecule has 0 bridgehead atoms. The van der Waals surface area contributed by atoms with E-state index in [2.05, 4.69) is 5.32 Å². The maximum atomic E-state index is 12.3. The highest BCUT2D eigenvalue weighted by molar-refractivity contribution is 7.09. The second-order valence-corrected chi connectivity index (χ2v) is 8.10. The summed E-state index contributed by atoms with van der Waals surface area (Å²) in [5.74, 6) is -0.0693. The number of nitrogens with zero attached hydrogens (tertiary/aromatic N) is 1. The standard InChI is InChI=1S/C23H26N2O3S/c1-17-18(2)29-23(27)25(17)13-12-22(26)24-14-20-10-6-7-11-21(20)16-28-15-19-8-4-3-5-9-19/h3-11H,12-16H2,1-2H3,(H,24,26). The molecule has 0 fully saturated rings. The third kappa shape index (κ3) is 5.89. The summed E-state index contributed by atoms with van der Waals surface area (Å²) in [5.41, 5.74) is 4.17. The van der Waals surface area contributed by atoms with Crippen LogP contribution in [0.3, 0.4) is 0 Å². The topological polar surface area (TPSA) is 60.3 Å². The fourth-order valence-electron chi connectivity index (χ4n) is 3.07. The summed E-state index contributed by atoms with van der Waals surface area (Å²) < 4.78 is 7.51. The quantitative estimate of drug-likeness (QED) is 0.581. The van der Waals surface area contributed by atoms with Crippen molar-refractivity contribution in [3.63, 3.8) is 0 Å². The molecule has 5 nitrogen and oxygen atoms in total. The number of ether oxygens (including phenoxy) is 1. The largest absolute Gasteiger partial charge is 0.372 e. The molecule has 1 aromatic heterocycles. The lowest BCUT2D eigenvalue weighted by Crippen LogP contribution is -2.26. The number of aromatic nitrogens is 1. The molecule has 152 valence electrons. The normalized spacial score (nSPS) is 10.8. The van der Waals surface area contributed by atoms with Gasteiger partial charge < -0.3 is 14.6 Å². The number of hydrogen-bond donors (Lipinski definition) is 1. The van der Waals surface area contributed by atoms with Crippen LogP contribution in [0.1, 0.15) is 33.7 Å². The molecule has 6 heteroatoms. The monoisotopic (exact) mass is 410 g/mol. The molecule has 1 amide bonds. The second-order valence-electron chi connectivity index (χ2n) is 6.94. The third-order valence-corrected chi connectivity index (χ3v) is 5.90. The Kier molecular flexibility index (Phi) is 7.38. The van der Waals surface area contributed by atoms with Gasteiger partial charge in [0.2, 0.25) is 5.91 Å². The predicted molar refractivity (Wildman–Crippen MR) is 116 cm³/mol. The van der Waals surface area contributed by atoms with E-state index in [0.717, 1.165) is 27.3 Å². The molecule has 1 heterocycles. The van der Waals surface area contributed by atoms with Crippen LogP contribution < -0.4 is 10.2 Å². The Bertz CT molecular complexity index is 1010. The SMILES string of the molecule is Cc1sc(=O)n(CCC(=O)NCc2ccccc2COCc2ccccc2)c1C. The van der Waals surface area contributed by atoms with Crippen molar-refractivity contribution in [2.45, 2.75) is 46.6 Å². The molecule has 0 aliphatic carbocycles. The molecular weight excluding hydrogens is 384 g/mol. The Morgan fingerprint density at radius 3 is 2.38 bits per heavy atom. The van der Waals surface area contributed by atoms with E-state index in [9.17, 15) is 9.59 Å². The highest BCUT2D eigenvalue weighted by atomic mass is 32.1. The molecule has 0 atom stereocenters. The van der Waals surface area contributed by atoms with E-state index in [1.807, 2.05) is 68.4 Å². The molecule has 0 unspecified atom stereocenters. The van der Waals surface area contributed by atoms with Crippen molar-refractivity contribution in [2.24, 2.45) is 0 Å². The van der Waals surface area contributed by atoms with Gasteiger partial charge in [-0.15, -0.1) is 0 Å². The van der Waals surface area contributed by atoms with Crippen LogP contribution in [0.25, 0.3) is 0 Å². The lowest BCUT2D eigenvalue weighted by molar-refractivity contribution is -0.121. The average Bonchev–Trinajstić information content (AvgIpc) is 2.97. The van der Waals surface area contributed by atoms with Crippen molar-refractivity contribution in [1.82, 2.24) is 9.88 Å². The minimum atomic E-state index is -0.0693. The van der Waals surface area contributed by atoms with E-state index in [0.29, 0.717) is 26.3 Å². The van der Waals surface area contributed by atoms with Crippen LogP contribution in [0.2, 0.25) is 0 Å². The number of amides is 1. The molecule has 0 saturated heterocycles. The van der Waals surface area contributed by atoms with E-state index < -0.39 is 0 Å². The lowest BCUT2D eigenvalue weighted by atomic mass is 10.1. The summed E-state index contributed by atoms with van der Waals surface area (Å²) in [5, 5.41) is 2.96. The summed E-state index contributed by atoms with van der Waals surface area (Å²) in [6, 6.07) is 18.0. The van der Waals surface area contributed by atoms with Gasteiger partial charge in [0.15, 0.2) is 0 Å². The zero-order chi connectivity index (χ0) is 20.6. The van der Waals surface area contributed by atoms with Crippen molar-refractivity contribution in [3.05, 3.63) is 91.5 Å². The predicted octanol–water partition coefficient (Wildman–Crippen LogP) is 3.95. The average molecular weight is 411 g/mol. The van der Waals surface area contributed by atoms with Gasteiger partial charge in [-0.1, -0.05) is 65.9 Å². The van der Waals surface area contributed by atoms with Crippen LogP contribution >= 0.6 is 11.3 Å². The number of thiazole rings is 1. The van der Waals surface area contributed by atoms with Gasteiger partial charge in [-0.05, 0) is 30.5 Å². The molecule has 29 heavy (non-hydrogen) atoms. The summed E-state index contributed by atoms with van der Waals surface area (Å²) in [6.45, 7) is 5.73. The molecule has 0 spiro atoms. The van der Waals surface area contributed by atoms with Crippen molar-refractivity contribution < 1.29 is 9.53 Å². The summed E-state index contributed by atoms with van der Waals surface area (Å²) in [7, 11) is 0. The second kappa shape index (κ2) is 10.2. The van der Waals surface area contributed by atoms with E-state index in [1.54, 1.807) is 4.57 Å². The number of benzene rings is 2. The van der Waals surface area contributed by atoms with Gasteiger partial charge in [-0.2, -0.15) is 0 Å². The van der Waals surface area contributed by atoms with Crippen LogP contribution in [-0.2, 0) is 35.8 Å². The number of rotatable bonds is 9. The molecule has 3 rings (SSSR count). The molecule has 0 radical (unpaired) electrons. The highest BCUT2D eigenvalue weighted by Gasteiger charge is 2.10. The van der Waals surface area contributed by atoms with Gasteiger partial charge in [-0.25, -0.2) is 0 Å². The van der Waals surface area contributed by atoms with Gasteiger partial charge >= 0.3 is 4.87 Å². The van der Waals surface area contributed by atoms with Crippen LogP contribution in [0.5, 0.6) is 0 Å². The fraction of sp³-hybridized carbons (Fsp3) is 0.304. The molecule has 2 aromatic carbocycles. The zero-order valence-corrected chi connectivity index (χ0v) is 17.6. The Labute approximate surface area is 175 Å². The van der Waals surface area contributed by atoms with Gasteiger partial charge in [0, 0.05) is 30.1 Å². The molecular formula is C23H26N2O3S. The number of aryl methyl sites for hydroxylation is 1. The van der Waals surface area contributed by atoms with Gasteiger partial charge in [0.1, 0.15) is 0 Å². The van der Waals surface area contributed by atoms with E-state index in [-0.39, 0.29) is 17.2 Å². The van der Waals surface area contributed by atoms with E-state index >= 15 is 0 Å². The molecule has 3 aromatic rings. The Hall–Kier alpha value is -2.70. The first kappa shape index (κ1) is 21.0. The first-order valence-electron chi connectivity index (χ1n) is 9.66. The van der Waals surface area contributed by atoms with Crippen molar-refractivity contribution >= 4 is 17.2 Å². The van der Waals surface area contributed by atoms with Crippen molar-refractivity contribution in [2.75, 3.05) is 0 Å². The van der Waals surface area contributed by atoms with E-state index in [1.165, 1.54) is 11.3 Å². The van der Waals surface area contributed by atoms with Crippen molar-refractivity contribution in [1.29, 1.82) is 0 Å². The van der Waals surface area contributed by atoms with Gasteiger partial charge in [0.05, 0.1) is 13.2 Å². The minimum Gasteiger partial charge on any atom is -0.372 e. The molecule has 0 aliphatic heterocycles. The molecule has 1 N–H and O–H groups in total. The summed E-state index contributed by atoms with van der Waals surface area (Å²) >= 11 is 1.23. The Morgan fingerprint density at radius 1 is 1.00 bits per heavy atom. The first-order valence-corrected chi connectivity index (χ1v) is 10.5. The summed E-state index contributed by atoms with van der Waals surface area (Å²) in [4.78, 5) is 25.2. The molecule has 0 aliphatic rings. The van der Waals surface area contributed by atoms with E-state index in [4.69, 9.17) is 4.74 Å². The number of carbonyl (C=O) groups is 1. The minimum absolute atomic E-state index is 0.00582. The van der Waals surface area contributed by atoms with Crippen LogP contribution in [0, 0.1) is 13.8 Å². The highest BCUT2D eigenvalue weighted by Crippen LogP contribution is 2.12. The van der Waals surface area contributed by atoms with Crippen molar-refractivity contribution in [3.8, 4) is 0 Å². The number of nitrogens with one attached hydrogen (secondary N) is 1. The third-order valence-electron chi connectivity index (χ3n) is 4.90. The van der Waals surface area contributed by atoms with Crippen LogP contribution in [0.4, 0.5) is 0 Å². The number of hydrogen-bond acceptors (Lipinski definition) is 4. The van der Waals surface area contributed by atoms with Crippen LogP contribution in [0.15, 0.2) is 59.4 Å². The molecule has 0 saturated carbocycles. The smallest absolute Gasteiger partial charge is 0.307 e. The fourth-order valence-corrected chi connectivity index (χ4v) is 3.92. The maximum Gasteiger partial charge on any atom is 0.307 e. The van der Waals surface area contributed by atoms with Gasteiger partial charge in [-0.3, -0.25) is 9.59 Å². The Morgan fingerprint density at radius 2 is 1.69 bits per heavy atom. The van der Waals surface area contributed by atoms with Crippen LogP contribution in [-0.4, -0.2) is 10.5 Å². The zero-order valence-electron chi connectivity index (χ0n) is 16.8. The number of carbonyl (C=O) groups excluding carboxylic acids is 1. The van der Waals surface area contributed by atoms with Gasteiger partial charge in [0.25, 0.3) is 0 Å². The first-order chi connectivity index (χ1) is 14.0. The maximum absolute atomic E-state index is 12.3.